The minimum Gasteiger partial charge on any atom is -0.392 e. The number of nitrogens with two attached hydrogens (primary N) is 1. The van der Waals surface area contributed by atoms with Gasteiger partial charge in [-0.2, -0.15) is 0 Å². The van der Waals surface area contributed by atoms with E-state index < -0.39 is 12.0 Å². The number of likely N-dealkylation sites (tertiary alicyclic amines) is 1. The van der Waals surface area contributed by atoms with Crippen LogP contribution in [0.25, 0.3) is 0 Å². The number of rotatable bonds is 6. The van der Waals surface area contributed by atoms with E-state index in [1.807, 2.05) is 4.90 Å². The number of piperidine rings is 1. The van der Waals surface area contributed by atoms with Gasteiger partial charge < -0.3 is 15.7 Å². The van der Waals surface area contributed by atoms with Gasteiger partial charge in [0.2, 0.25) is 11.8 Å². The summed E-state index contributed by atoms with van der Waals surface area (Å²) in [5.74, 6) is 1.34. The molecule has 2 amide bonds. The number of aliphatic hydroxyl groups excluding tert-OH is 1. The maximum absolute atomic E-state index is 13.3. The zero-order chi connectivity index (χ0) is 23.2. The van der Waals surface area contributed by atoms with E-state index in [9.17, 15) is 14.7 Å². The molecule has 0 aromatic carbocycles. The van der Waals surface area contributed by atoms with Crippen LogP contribution < -0.4 is 11.2 Å². The van der Waals surface area contributed by atoms with Crippen LogP contribution >= 0.6 is 0 Å². The molecule has 0 spiro atoms. The van der Waals surface area contributed by atoms with Crippen LogP contribution in [0.4, 0.5) is 0 Å². The Kier molecular flexibility index (Phi) is 9.05. The van der Waals surface area contributed by atoms with Crippen molar-refractivity contribution in [3.05, 3.63) is 0 Å². The number of aliphatic hydroxyl groups is 1. The van der Waals surface area contributed by atoms with E-state index >= 15 is 0 Å². The monoisotopic (exact) mass is 463 g/mol. The van der Waals surface area contributed by atoms with Crippen molar-refractivity contribution < 1.29 is 19.5 Å². The molecule has 1 aliphatic heterocycles. The van der Waals surface area contributed by atoms with Crippen LogP contribution in [0.2, 0.25) is 0 Å². The summed E-state index contributed by atoms with van der Waals surface area (Å²) in [6.07, 6.45) is 13.7. The molecular formula is C26H45N3O4. The van der Waals surface area contributed by atoms with Gasteiger partial charge in [-0.1, -0.05) is 32.1 Å². The van der Waals surface area contributed by atoms with Crippen LogP contribution in [-0.4, -0.2) is 53.7 Å². The van der Waals surface area contributed by atoms with Crippen LogP contribution in [-0.2, 0) is 14.4 Å². The molecular weight excluding hydrogens is 418 g/mol. The molecule has 0 aromatic heterocycles. The molecule has 7 heteroatoms. The highest BCUT2D eigenvalue weighted by Crippen LogP contribution is 2.39. The van der Waals surface area contributed by atoms with Gasteiger partial charge in [-0.05, 0) is 82.1 Å². The summed E-state index contributed by atoms with van der Waals surface area (Å²) < 4.78 is 0. The van der Waals surface area contributed by atoms with Crippen molar-refractivity contribution in [2.45, 2.75) is 102 Å². The number of carbonyl (C=O) groups is 2. The first-order valence-corrected chi connectivity index (χ1v) is 13.7. The number of amides is 2. The molecule has 1 saturated heterocycles. The number of hydroxylamine groups is 1. The third kappa shape index (κ3) is 6.49. The van der Waals surface area contributed by atoms with E-state index in [0.29, 0.717) is 31.1 Å². The summed E-state index contributed by atoms with van der Waals surface area (Å²) in [5.41, 5.74) is 8.54. The first-order chi connectivity index (χ1) is 16.0. The second-order valence-electron chi connectivity index (χ2n) is 11.2. The van der Waals surface area contributed by atoms with Crippen molar-refractivity contribution in [3.63, 3.8) is 0 Å². The van der Waals surface area contributed by atoms with Crippen LogP contribution in [0.15, 0.2) is 0 Å². The van der Waals surface area contributed by atoms with Crippen LogP contribution in [0.3, 0.4) is 0 Å². The van der Waals surface area contributed by atoms with Gasteiger partial charge in [0.05, 0.1) is 18.1 Å². The van der Waals surface area contributed by atoms with Gasteiger partial charge >= 0.3 is 0 Å². The van der Waals surface area contributed by atoms with Crippen molar-refractivity contribution in [2.24, 2.45) is 35.3 Å². The Hall–Kier alpha value is -1.18. The summed E-state index contributed by atoms with van der Waals surface area (Å²) in [4.78, 5) is 33.7. The lowest BCUT2D eigenvalue weighted by atomic mass is 9.72. The SMILES string of the molecule is NCC1CCCC(C2CCN(C(=O)C3CCC(O)C(C(=O)NOC4CCCCC4)C3)CC2)C1. The van der Waals surface area contributed by atoms with E-state index in [1.165, 1.54) is 32.1 Å². The van der Waals surface area contributed by atoms with Crippen molar-refractivity contribution in [1.82, 2.24) is 10.4 Å². The number of nitrogens with zero attached hydrogens (tertiary/aromatic N) is 1. The van der Waals surface area contributed by atoms with Gasteiger partial charge in [0.25, 0.3) is 0 Å². The molecule has 33 heavy (non-hydrogen) atoms. The predicted octanol–water partition coefficient (Wildman–Crippen LogP) is 3.15. The second-order valence-corrected chi connectivity index (χ2v) is 11.2. The topological polar surface area (TPSA) is 105 Å². The highest BCUT2D eigenvalue weighted by Gasteiger charge is 2.40. The molecule has 1 heterocycles. The lowest BCUT2D eigenvalue weighted by Gasteiger charge is -2.41. The van der Waals surface area contributed by atoms with E-state index in [4.69, 9.17) is 10.6 Å². The van der Waals surface area contributed by atoms with Crippen LogP contribution in [0.1, 0.15) is 89.9 Å². The normalized spacial score (nSPS) is 34.7. The third-order valence-corrected chi connectivity index (χ3v) is 9.05. The highest BCUT2D eigenvalue weighted by molar-refractivity contribution is 5.82. The summed E-state index contributed by atoms with van der Waals surface area (Å²) in [6, 6.07) is 0. The number of hydrogen-bond acceptors (Lipinski definition) is 5. The molecule has 4 fully saturated rings. The predicted molar refractivity (Wildman–Crippen MR) is 127 cm³/mol. The zero-order valence-corrected chi connectivity index (χ0v) is 20.3. The van der Waals surface area contributed by atoms with E-state index in [2.05, 4.69) is 5.48 Å². The van der Waals surface area contributed by atoms with Gasteiger partial charge in [0.1, 0.15) is 0 Å². The summed E-state index contributed by atoms with van der Waals surface area (Å²) in [5, 5.41) is 10.5. The van der Waals surface area contributed by atoms with E-state index in [0.717, 1.165) is 64.1 Å². The molecule has 3 saturated carbocycles. The Morgan fingerprint density at radius 3 is 2.36 bits per heavy atom. The Labute approximate surface area is 199 Å². The number of nitrogens with one attached hydrogen (secondary N) is 1. The minimum absolute atomic E-state index is 0.0754. The van der Waals surface area contributed by atoms with Crippen molar-refractivity contribution in [2.75, 3.05) is 19.6 Å². The Balaban J connectivity index is 1.24. The summed E-state index contributed by atoms with van der Waals surface area (Å²) >= 11 is 0. The molecule has 4 aliphatic rings. The molecule has 5 atom stereocenters. The van der Waals surface area contributed by atoms with Gasteiger partial charge in [0.15, 0.2) is 0 Å². The molecule has 0 bridgehead atoms. The van der Waals surface area contributed by atoms with Crippen molar-refractivity contribution in [1.29, 1.82) is 0 Å². The highest BCUT2D eigenvalue weighted by atomic mass is 16.7. The molecule has 4 N–H and O–H groups in total. The standard InChI is InChI=1S/C26H45N3O4/c27-17-18-5-4-6-20(15-18)19-11-13-29(14-12-19)26(32)21-9-10-24(30)23(16-21)25(31)28-33-22-7-2-1-3-8-22/h18-24,30H,1-17,27H2,(H,28,31). The zero-order valence-electron chi connectivity index (χ0n) is 20.3. The van der Waals surface area contributed by atoms with Gasteiger partial charge in [-0.25, -0.2) is 5.48 Å². The maximum Gasteiger partial charge on any atom is 0.249 e. The first kappa shape index (κ1) is 24.9. The second kappa shape index (κ2) is 12.0. The summed E-state index contributed by atoms with van der Waals surface area (Å²) in [6.45, 7) is 2.46. The molecule has 0 aromatic rings. The molecule has 188 valence electrons. The largest absolute Gasteiger partial charge is 0.392 e. The fraction of sp³-hybridized carbons (Fsp3) is 0.923. The summed E-state index contributed by atoms with van der Waals surface area (Å²) in [7, 11) is 0. The van der Waals surface area contributed by atoms with Crippen LogP contribution in [0.5, 0.6) is 0 Å². The Bertz CT molecular complexity index is 645. The van der Waals surface area contributed by atoms with Gasteiger partial charge in [-0.15, -0.1) is 0 Å². The molecule has 5 unspecified atom stereocenters. The van der Waals surface area contributed by atoms with Gasteiger partial charge in [-0.3, -0.25) is 14.4 Å². The average Bonchev–Trinajstić information content (AvgIpc) is 2.88. The number of hydrogen-bond donors (Lipinski definition) is 3. The first-order valence-electron chi connectivity index (χ1n) is 13.7. The maximum atomic E-state index is 13.3. The fourth-order valence-corrected chi connectivity index (χ4v) is 6.88. The smallest absolute Gasteiger partial charge is 0.249 e. The van der Waals surface area contributed by atoms with Crippen molar-refractivity contribution in [3.8, 4) is 0 Å². The molecule has 3 aliphatic carbocycles. The lowest BCUT2D eigenvalue weighted by Crippen LogP contribution is -2.48. The van der Waals surface area contributed by atoms with Crippen molar-refractivity contribution >= 4 is 11.8 Å². The Morgan fingerprint density at radius 2 is 1.64 bits per heavy atom. The third-order valence-electron chi connectivity index (χ3n) is 9.05. The lowest BCUT2D eigenvalue weighted by molar-refractivity contribution is -0.152. The minimum atomic E-state index is -0.698. The molecule has 7 nitrogen and oxygen atoms in total. The van der Waals surface area contributed by atoms with E-state index in [1.54, 1.807) is 0 Å². The quantitative estimate of drug-likeness (QED) is 0.525. The van der Waals surface area contributed by atoms with E-state index in [-0.39, 0.29) is 23.8 Å². The molecule has 0 radical (unpaired) electrons. The average molecular weight is 464 g/mol. The Morgan fingerprint density at radius 1 is 0.879 bits per heavy atom. The molecule has 4 rings (SSSR count). The fourth-order valence-electron chi connectivity index (χ4n) is 6.88. The number of carbonyl (C=O) groups excluding carboxylic acids is 2. The van der Waals surface area contributed by atoms with Crippen LogP contribution in [0, 0.1) is 29.6 Å². The van der Waals surface area contributed by atoms with Gasteiger partial charge in [0, 0.05) is 19.0 Å².